The standard InChI is InChI=1S/C9H15NO/c1-7(2)5-8-3-4-11-9(8)6-10/h3-4,7H,5-6,10H2,1-2H3. The molecule has 0 atom stereocenters. The first kappa shape index (κ1) is 8.34. The molecular weight excluding hydrogens is 138 g/mol. The summed E-state index contributed by atoms with van der Waals surface area (Å²) in [6.45, 7) is 4.88. The average molecular weight is 153 g/mol. The zero-order valence-electron chi connectivity index (χ0n) is 7.13. The first-order chi connectivity index (χ1) is 5.24. The van der Waals surface area contributed by atoms with Gasteiger partial charge >= 0.3 is 0 Å². The molecule has 11 heavy (non-hydrogen) atoms. The summed E-state index contributed by atoms with van der Waals surface area (Å²) in [6.07, 6.45) is 2.77. The van der Waals surface area contributed by atoms with Gasteiger partial charge in [0.15, 0.2) is 0 Å². The number of hydrogen-bond donors (Lipinski definition) is 1. The molecule has 0 aliphatic heterocycles. The summed E-state index contributed by atoms with van der Waals surface area (Å²) >= 11 is 0. The molecule has 0 aliphatic carbocycles. The summed E-state index contributed by atoms with van der Waals surface area (Å²) in [6, 6.07) is 2.00. The van der Waals surface area contributed by atoms with Crippen LogP contribution in [-0.2, 0) is 13.0 Å². The fourth-order valence-corrected chi connectivity index (χ4v) is 1.17. The van der Waals surface area contributed by atoms with Crippen molar-refractivity contribution in [2.24, 2.45) is 11.7 Å². The van der Waals surface area contributed by atoms with Crippen LogP contribution in [0, 0.1) is 5.92 Å². The zero-order valence-corrected chi connectivity index (χ0v) is 7.13. The third kappa shape index (κ3) is 2.09. The maximum atomic E-state index is 5.48. The molecule has 1 rings (SSSR count). The molecule has 0 aromatic carbocycles. The molecule has 1 heterocycles. The molecule has 1 aromatic rings. The Hall–Kier alpha value is -0.760. The van der Waals surface area contributed by atoms with E-state index in [1.54, 1.807) is 6.26 Å². The molecule has 0 saturated heterocycles. The van der Waals surface area contributed by atoms with Crippen molar-refractivity contribution in [3.8, 4) is 0 Å². The van der Waals surface area contributed by atoms with Gasteiger partial charge in [-0.05, 0) is 24.0 Å². The Bertz CT molecular complexity index is 215. The summed E-state index contributed by atoms with van der Waals surface area (Å²) in [7, 11) is 0. The monoisotopic (exact) mass is 153 g/mol. The largest absolute Gasteiger partial charge is 0.468 e. The van der Waals surface area contributed by atoms with Crippen molar-refractivity contribution in [3.63, 3.8) is 0 Å². The lowest BCUT2D eigenvalue weighted by Gasteiger charge is -2.02. The van der Waals surface area contributed by atoms with Gasteiger partial charge in [0.2, 0.25) is 0 Å². The minimum atomic E-state index is 0.509. The van der Waals surface area contributed by atoms with E-state index < -0.39 is 0 Å². The highest BCUT2D eigenvalue weighted by Crippen LogP contribution is 2.14. The molecule has 0 aliphatic rings. The first-order valence-electron chi connectivity index (χ1n) is 3.99. The normalized spacial score (nSPS) is 10.9. The Morgan fingerprint density at radius 1 is 1.55 bits per heavy atom. The Morgan fingerprint density at radius 3 is 2.82 bits per heavy atom. The van der Waals surface area contributed by atoms with Gasteiger partial charge in [0.05, 0.1) is 12.8 Å². The maximum Gasteiger partial charge on any atom is 0.120 e. The zero-order chi connectivity index (χ0) is 8.27. The lowest BCUT2D eigenvalue weighted by Crippen LogP contribution is -2.01. The van der Waals surface area contributed by atoms with Crippen LogP contribution >= 0.6 is 0 Å². The van der Waals surface area contributed by atoms with Crippen molar-refractivity contribution in [2.45, 2.75) is 26.8 Å². The Labute approximate surface area is 67.4 Å². The van der Waals surface area contributed by atoms with Crippen molar-refractivity contribution >= 4 is 0 Å². The highest BCUT2D eigenvalue weighted by atomic mass is 16.3. The number of furan rings is 1. The molecule has 0 spiro atoms. The SMILES string of the molecule is CC(C)Cc1ccoc1CN. The Balaban J connectivity index is 2.68. The summed E-state index contributed by atoms with van der Waals surface area (Å²) in [4.78, 5) is 0. The lowest BCUT2D eigenvalue weighted by atomic mass is 10.0. The number of rotatable bonds is 3. The second-order valence-electron chi connectivity index (χ2n) is 3.17. The van der Waals surface area contributed by atoms with E-state index in [0.717, 1.165) is 12.2 Å². The quantitative estimate of drug-likeness (QED) is 0.720. The molecule has 0 fully saturated rings. The third-order valence-corrected chi connectivity index (χ3v) is 1.65. The second kappa shape index (κ2) is 3.58. The fourth-order valence-electron chi connectivity index (χ4n) is 1.17. The van der Waals surface area contributed by atoms with Crippen molar-refractivity contribution in [3.05, 3.63) is 23.7 Å². The van der Waals surface area contributed by atoms with Crippen LogP contribution in [0.2, 0.25) is 0 Å². The van der Waals surface area contributed by atoms with Crippen LogP contribution in [0.25, 0.3) is 0 Å². The van der Waals surface area contributed by atoms with Gasteiger partial charge in [-0.25, -0.2) is 0 Å². The summed E-state index contributed by atoms with van der Waals surface area (Å²) in [5.74, 6) is 1.59. The first-order valence-corrected chi connectivity index (χ1v) is 3.99. The summed E-state index contributed by atoms with van der Waals surface area (Å²) in [5, 5.41) is 0. The van der Waals surface area contributed by atoms with E-state index >= 15 is 0 Å². The Morgan fingerprint density at radius 2 is 2.27 bits per heavy atom. The fraction of sp³-hybridized carbons (Fsp3) is 0.556. The van der Waals surface area contributed by atoms with Gasteiger partial charge in [-0.2, -0.15) is 0 Å². The van der Waals surface area contributed by atoms with Crippen molar-refractivity contribution in [1.82, 2.24) is 0 Å². The van der Waals surface area contributed by atoms with Crippen LogP contribution in [0.1, 0.15) is 25.2 Å². The van der Waals surface area contributed by atoms with Gasteiger partial charge < -0.3 is 10.2 Å². The molecule has 0 bridgehead atoms. The molecule has 2 nitrogen and oxygen atoms in total. The smallest absolute Gasteiger partial charge is 0.120 e. The number of nitrogens with two attached hydrogens (primary N) is 1. The van der Waals surface area contributed by atoms with E-state index in [-0.39, 0.29) is 0 Å². The van der Waals surface area contributed by atoms with E-state index in [1.165, 1.54) is 5.56 Å². The van der Waals surface area contributed by atoms with Crippen LogP contribution in [0.5, 0.6) is 0 Å². The van der Waals surface area contributed by atoms with Crippen molar-refractivity contribution in [1.29, 1.82) is 0 Å². The van der Waals surface area contributed by atoms with Crippen LogP contribution in [0.15, 0.2) is 16.7 Å². The van der Waals surface area contributed by atoms with Crippen LogP contribution in [0.4, 0.5) is 0 Å². The van der Waals surface area contributed by atoms with Gasteiger partial charge in [0.1, 0.15) is 5.76 Å². The number of hydrogen-bond acceptors (Lipinski definition) is 2. The Kier molecular flexibility index (Phi) is 2.71. The lowest BCUT2D eigenvalue weighted by molar-refractivity contribution is 0.502. The van der Waals surface area contributed by atoms with Crippen LogP contribution < -0.4 is 5.73 Å². The topological polar surface area (TPSA) is 39.2 Å². The summed E-state index contributed by atoms with van der Waals surface area (Å²) < 4.78 is 5.19. The molecule has 2 N–H and O–H groups in total. The summed E-state index contributed by atoms with van der Waals surface area (Å²) in [5.41, 5.74) is 6.73. The van der Waals surface area contributed by atoms with E-state index in [2.05, 4.69) is 13.8 Å². The van der Waals surface area contributed by atoms with Crippen molar-refractivity contribution < 1.29 is 4.42 Å². The molecule has 62 valence electrons. The molecule has 0 saturated carbocycles. The van der Waals surface area contributed by atoms with Crippen molar-refractivity contribution in [2.75, 3.05) is 0 Å². The van der Waals surface area contributed by atoms with Gasteiger partial charge in [-0.1, -0.05) is 13.8 Å². The molecule has 1 aromatic heterocycles. The van der Waals surface area contributed by atoms with Gasteiger partial charge in [0, 0.05) is 0 Å². The highest BCUT2D eigenvalue weighted by molar-refractivity contribution is 5.17. The minimum absolute atomic E-state index is 0.509. The molecule has 0 unspecified atom stereocenters. The molecule has 2 heteroatoms. The molecule has 0 amide bonds. The van der Waals surface area contributed by atoms with Crippen LogP contribution in [-0.4, -0.2) is 0 Å². The van der Waals surface area contributed by atoms with Crippen LogP contribution in [0.3, 0.4) is 0 Å². The predicted octanol–water partition coefficient (Wildman–Crippen LogP) is 1.94. The maximum absolute atomic E-state index is 5.48. The van der Waals surface area contributed by atoms with E-state index in [9.17, 15) is 0 Å². The van der Waals surface area contributed by atoms with E-state index in [1.807, 2.05) is 6.07 Å². The van der Waals surface area contributed by atoms with Gasteiger partial charge in [-0.3, -0.25) is 0 Å². The van der Waals surface area contributed by atoms with Gasteiger partial charge in [0.25, 0.3) is 0 Å². The van der Waals surface area contributed by atoms with E-state index in [4.69, 9.17) is 10.2 Å². The third-order valence-electron chi connectivity index (χ3n) is 1.65. The average Bonchev–Trinajstić information content (AvgIpc) is 2.34. The van der Waals surface area contributed by atoms with Gasteiger partial charge in [-0.15, -0.1) is 0 Å². The molecule has 0 radical (unpaired) electrons. The minimum Gasteiger partial charge on any atom is -0.468 e. The molecular formula is C9H15NO. The highest BCUT2D eigenvalue weighted by Gasteiger charge is 2.05. The second-order valence-corrected chi connectivity index (χ2v) is 3.17. The predicted molar refractivity (Wildman–Crippen MR) is 45.1 cm³/mol. The van der Waals surface area contributed by atoms with E-state index in [0.29, 0.717) is 12.5 Å².